The van der Waals surface area contributed by atoms with Gasteiger partial charge in [-0.1, -0.05) is 6.42 Å². The molecule has 1 atom stereocenters. The smallest absolute Gasteiger partial charge is 0.0843 e. The SMILES string of the molecule is Brc1cc([C@@H]2CCCCN2)sc1Br. The number of nitrogens with one attached hydrogen (secondary N) is 1. The lowest BCUT2D eigenvalue weighted by molar-refractivity contribution is 0.417. The largest absolute Gasteiger partial charge is 0.309 e. The summed E-state index contributed by atoms with van der Waals surface area (Å²) in [5.74, 6) is 0. The molecule has 1 saturated heterocycles. The van der Waals surface area contributed by atoms with Crippen LogP contribution in [0.3, 0.4) is 0 Å². The third kappa shape index (κ3) is 2.35. The Labute approximate surface area is 99.2 Å². The van der Waals surface area contributed by atoms with Gasteiger partial charge in [0, 0.05) is 15.4 Å². The van der Waals surface area contributed by atoms with E-state index in [2.05, 4.69) is 43.2 Å². The Morgan fingerprint density at radius 2 is 2.23 bits per heavy atom. The quantitative estimate of drug-likeness (QED) is 0.820. The first-order valence-corrected chi connectivity index (χ1v) is 6.86. The fourth-order valence-electron chi connectivity index (χ4n) is 1.63. The van der Waals surface area contributed by atoms with Crippen LogP contribution in [0.1, 0.15) is 30.2 Å². The van der Waals surface area contributed by atoms with Crippen LogP contribution < -0.4 is 5.32 Å². The van der Waals surface area contributed by atoms with E-state index in [1.807, 2.05) is 11.3 Å². The van der Waals surface area contributed by atoms with Gasteiger partial charge in [-0.2, -0.15) is 0 Å². The Hall–Kier alpha value is 0.620. The second-order valence-electron chi connectivity index (χ2n) is 3.27. The average Bonchev–Trinajstić information content (AvgIpc) is 2.49. The summed E-state index contributed by atoms with van der Waals surface area (Å²) in [4.78, 5) is 1.44. The van der Waals surface area contributed by atoms with E-state index < -0.39 is 0 Å². The van der Waals surface area contributed by atoms with Gasteiger partial charge in [-0.05, 0) is 57.3 Å². The zero-order valence-electron chi connectivity index (χ0n) is 7.15. The van der Waals surface area contributed by atoms with Crippen LogP contribution in [0, 0.1) is 0 Å². The van der Waals surface area contributed by atoms with Crippen molar-refractivity contribution in [3.8, 4) is 0 Å². The van der Waals surface area contributed by atoms with Crippen LogP contribution in [0.2, 0.25) is 0 Å². The van der Waals surface area contributed by atoms with E-state index in [4.69, 9.17) is 0 Å². The van der Waals surface area contributed by atoms with Crippen molar-refractivity contribution in [2.45, 2.75) is 25.3 Å². The van der Waals surface area contributed by atoms with E-state index in [1.54, 1.807) is 0 Å². The van der Waals surface area contributed by atoms with Crippen molar-refractivity contribution in [2.75, 3.05) is 6.54 Å². The molecule has 72 valence electrons. The molecule has 2 heterocycles. The molecule has 1 aliphatic rings. The van der Waals surface area contributed by atoms with Crippen LogP contribution in [0.25, 0.3) is 0 Å². The Bertz CT molecular complexity index is 272. The lowest BCUT2D eigenvalue weighted by Crippen LogP contribution is -2.25. The average molecular weight is 325 g/mol. The van der Waals surface area contributed by atoms with E-state index in [-0.39, 0.29) is 0 Å². The molecular formula is C9H11Br2NS. The van der Waals surface area contributed by atoms with Crippen molar-refractivity contribution < 1.29 is 0 Å². The Morgan fingerprint density at radius 1 is 1.38 bits per heavy atom. The molecule has 0 unspecified atom stereocenters. The zero-order valence-corrected chi connectivity index (χ0v) is 11.1. The first-order valence-electron chi connectivity index (χ1n) is 4.45. The normalized spacial score (nSPS) is 23.4. The highest BCUT2D eigenvalue weighted by Gasteiger charge is 2.17. The summed E-state index contributed by atoms with van der Waals surface area (Å²) in [6.07, 6.45) is 3.95. The van der Waals surface area contributed by atoms with Gasteiger partial charge in [-0.15, -0.1) is 11.3 Å². The van der Waals surface area contributed by atoms with Crippen LogP contribution in [-0.2, 0) is 0 Å². The van der Waals surface area contributed by atoms with Gasteiger partial charge in [-0.25, -0.2) is 0 Å². The Kier molecular flexibility index (Phi) is 3.46. The molecule has 1 aromatic rings. The van der Waals surface area contributed by atoms with E-state index in [9.17, 15) is 0 Å². The topological polar surface area (TPSA) is 12.0 Å². The van der Waals surface area contributed by atoms with E-state index >= 15 is 0 Å². The van der Waals surface area contributed by atoms with Gasteiger partial charge in [0.25, 0.3) is 0 Å². The lowest BCUT2D eigenvalue weighted by Gasteiger charge is -2.21. The summed E-state index contributed by atoms with van der Waals surface area (Å²) in [7, 11) is 0. The second kappa shape index (κ2) is 4.43. The van der Waals surface area contributed by atoms with Gasteiger partial charge in [0.2, 0.25) is 0 Å². The van der Waals surface area contributed by atoms with Gasteiger partial charge < -0.3 is 5.32 Å². The van der Waals surface area contributed by atoms with Crippen molar-refractivity contribution in [2.24, 2.45) is 0 Å². The first-order chi connectivity index (χ1) is 6.27. The highest BCUT2D eigenvalue weighted by Crippen LogP contribution is 2.37. The van der Waals surface area contributed by atoms with E-state index in [1.165, 1.54) is 32.4 Å². The molecule has 0 saturated carbocycles. The lowest BCUT2D eigenvalue weighted by atomic mass is 10.0. The highest BCUT2D eigenvalue weighted by molar-refractivity contribution is 9.13. The molecular weight excluding hydrogens is 314 g/mol. The van der Waals surface area contributed by atoms with Gasteiger partial charge in [0.15, 0.2) is 0 Å². The summed E-state index contributed by atoms with van der Waals surface area (Å²) in [6, 6.07) is 2.80. The van der Waals surface area contributed by atoms with E-state index in [0.717, 1.165) is 6.54 Å². The Balaban J connectivity index is 2.14. The molecule has 1 N–H and O–H groups in total. The number of piperidine rings is 1. The molecule has 0 spiro atoms. The van der Waals surface area contributed by atoms with Crippen LogP contribution in [0.4, 0.5) is 0 Å². The molecule has 1 aliphatic heterocycles. The van der Waals surface area contributed by atoms with Crippen LogP contribution in [-0.4, -0.2) is 6.54 Å². The molecule has 13 heavy (non-hydrogen) atoms. The third-order valence-corrected chi connectivity index (χ3v) is 5.69. The second-order valence-corrected chi connectivity index (χ2v) is 6.53. The standard InChI is InChI=1S/C9H11Br2NS/c10-6-5-8(13-9(6)11)7-3-1-2-4-12-7/h5,7,12H,1-4H2/t7-/m0/s1. The Morgan fingerprint density at radius 3 is 2.77 bits per heavy atom. The molecule has 1 aromatic heterocycles. The summed E-state index contributed by atoms with van der Waals surface area (Å²) in [5, 5.41) is 3.54. The van der Waals surface area contributed by atoms with Gasteiger partial charge in [0.05, 0.1) is 3.79 Å². The number of hydrogen-bond acceptors (Lipinski definition) is 2. The molecule has 2 rings (SSSR count). The molecule has 0 radical (unpaired) electrons. The molecule has 0 amide bonds. The molecule has 1 nitrogen and oxygen atoms in total. The van der Waals surface area contributed by atoms with Crippen LogP contribution >= 0.6 is 43.2 Å². The summed E-state index contributed by atoms with van der Waals surface area (Å²) >= 11 is 8.87. The van der Waals surface area contributed by atoms with Crippen molar-refractivity contribution in [1.29, 1.82) is 0 Å². The third-order valence-electron chi connectivity index (χ3n) is 2.32. The van der Waals surface area contributed by atoms with Crippen LogP contribution in [0.15, 0.2) is 14.3 Å². The molecule has 4 heteroatoms. The minimum Gasteiger partial charge on any atom is -0.309 e. The number of hydrogen-bond donors (Lipinski definition) is 1. The van der Waals surface area contributed by atoms with Gasteiger partial charge in [-0.3, -0.25) is 0 Å². The number of rotatable bonds is 1. The molecule has 0 bridgehead atoms. The van der Waals surface area contributed by atoms with Crippen molar-refractivity contribution >= 4 is 43.2 Å². The summed E-state index contributed by atoms with van der Waals surface area (Å²) in [5.41, 5.74) is 0. The minimum atomic E-state index is 0.585. The zero-order chi connectivity index (χ0) is 9.26. The van der Waals surface area contributed by atoms with E-state index in [0.29, 0.717) is 6.04 Å². The molecule has 0 aromatic carbocycles. The molecule has 1 fully saturated rings. The van der Waals surface area contributed by atoms with Gasteiger partial charge in [0.1, 0.15) is 0 Å². The number of halogens is 2. The molecule has 0 aliphatic carbocycles. The maximum atomic E-state index is 3.54. The predicted octanol–water partition coefficient (Wildman–Crippen LogP) is 4.09. The van der Waals surface area contributed by atoms with Crippen molar-refractivity contribution in [3.63, 3.8) is 0 Å². The van der Waals surface area contributed by atoms with Crippen molar-refractivity contribution in [3.05, 3.63) is 19.2 Å². The van der Waals surface area contributed by atoms with Crippen LogP contribution in [0.5, 0.6) is 0 Å². The van der Waals surface area contributed by atoms with Gasteiger partial charge >= 0.3 is 0 Å². The summed E-state index contributed by atoms with van der Waals surface area (Å²) in [6.45, 7) is 1.16. The highest BCUT2D eigenvalue weighted by atomic mass is 79.9. The summed E-state index contributed by atoms with van der Waals surface area (Å²) < 4.78 is 2.38. The fraction of sp³-hybridized carbons (Fsp3) is 0.556. The maximum absolute atomic E-state index is 3.54. The number of thiophene rings is 1. The van der Waals surface area contributed by atoms with Crippen molar-refractivity contribution in [1.82, 2.24) is 5.32 Å². The predicted molar refractivity (Wildman–Crippen MR) is 64.3 cm³/mol. The fourth-order valence-corrected chi connectivity index (χ4v) is 3.83. The first kappa shape index (κ1) is 10.1. The minimum absolute atomic E-state index is 0.585. The monoisotopic (exact) mass is 323 g/mol. The maximum Gasteiger partial charge on any atom is 0.0843 e.